The summed E-state index contributed by atoms with van der Waals surface area (Å²) < 4.78 is 0. The third kappa shape index (κ3) is 5.38. The highest BCUT2D eigenvalue weighted by Crippen LogP contribution is 2.24. The maximum atomic E-state index is 9.86. The smallest absolute Gasteiger partial charge is 0.203 e. The van der Waals surface area contributed by atoms with Crippen molar-refractivity contribution >= 4 is 28.4 Å². The van der Waals surface area contributed by atoms with Crippen LogP contribution < -0.4 is 5.43 Å². The van der Waals surface area contributed by atoms with Crippen LogP contribution in [0.3, 0.4) is 0 Å². The van der Waals surface area contributed by atoms with Crippen LogP contribution in [-0.4, -0.2) is 43.3 Å². The number of hydrogen-bond donors (Lipinski definition) is 5. The van der Waals surface area contributed by atoms with Crippen LogP contribution in [0.15, 0.2) is 51.7 Å². The van der Waals surface area contributed by atoms with Gasteiger partial charge in [-0.1, -0.05) is 11.8 Å². The summed E-state index contributed by atoms with van der Waals surface area (Å²) in [5.74, 6) is -0.258. The van der Waals surface area contributed by atoms with Gasteiger partial charge in [-0.25, -0.2) is 0 Å². The van der Waals surface area contributed by atoms with Gasteiger partial charge in [-0.2, -0.15) is 10.2 Å². The minimum atomic E-state index is -0.0956. The lowest BCUT2D eigenvalue weighted by atomic mass is 10.1. The molecule has 8 nitrogen and oxygen atoms in total. The van der Waals surface area contributed by atoms with Gasteiger partial charge in [0.2, 0.25) is 5.17 Å². The van der Waals surface area contributed by atoms with Gasteiger partial charge in [0.25, 0.3) is 0 Å². The number of amidine groups is 1. The van der Waals surface area contributed by atoms with E-state index in [1.54, 1.807) is 32.2 Å². The Morgan fingerprint density at radius 2 is 1.33 bits per heavy atom. The molecule has 0 unspecified atom stereocenters. The van der Waals surface area contributed by atoms with Gasteiger partial charge >= 0.3 is 0 Å². The van der Waals surface area contributed by atoms with E-state index in [9.17, 15) is 20.4 Å². The number of hydrazone groups is 1. The highest BCUT2D eigenvalue weighted by atomic mass is 32.2. The Kier molecular flexibility index (Phi) is 6.67. The minimum absolute atomic E-state index is 0.0364. The van der Waals surface area contributed by atoms with E-state index in [0.717, 1.165) is 0 Å². The highest BCUT2D eigenvalue weighted by molar-refractivity contribution is 8.13. The molecule has 0 fully saturated rings. The quantitative estimate of drug-likeness (QED) is 0.311. The molecule has 0 aliphatic heterocycles. The SMILES string of the molecule is CS/C(=N/N=C(C)c1ccc(O)cc1O)NN=C(C)c1ccc(O)cc1O. The summed E-state index contributed by atoms with van der Waals surface area (Å²) in [4.78, 5) is 0. The molecule has 142 valence electrons. The largest absolute Gasteiger partial charge is 0.508 e. The number of nitrogens with zero attached hydrogens (tertiary/aromatic N) is 3. The van der Waals surface area contributed by atoms with E-state index in [1.807, 2.05) is 0 Å². The fraction of sp³-hybridized carbons (Fsp3) is 0.167. The Hall–Kier alpha value is -3.20. The predicted molar refractivity (Wildman–Crippen MR) is 108 cm³/mol. The highest BCUT2D eigenvalue weighted by Gasteiger charge is 2.07. The zero-order valence-electron chi connectivity index (χ0n) is 15.0. The Balaban J connectivity index is 2.18. The molecule has 5 N–H and O–H groups in total. The number of phenols is 4. The van der Waals surface area contributed by atoms with Gasteiger partial charge in [0.05, 0.1) is 11.4 Å². The monoisotopic (exact) mass is 388 g/mol. The Bertz CT molecular complexity index is 926. The molecule has 0 spiro atoms. The molecule has 0 aromatic heterocycles. The minimum Gasteiger partial charge on any atom is -0.508 e. The summed E-state index contributed by atoms with van der Waals surface area (Å²) in [6, 6.07) is 8.45. The van der Waals surface area contributed by atoms with Crippen LogP contribution in [0, 0.1) is 0 Å². The van der Waals surface area contributed by atoms with Crippen molar-refractivity contribution in [2.45, 2.75) is 13.8 Å². The first kappa shape index (κ1) is 20.1. The first-order valence-corrected chi connectivity index (χ1v) is 9.05. The second-order valence-corrected chi connectivity index (χ2v) is 6.30. The first-order chi connectivity index (χ1) is 12.8. The van der Waals surface area contributed by atoms with Crippen molar-refractivity contribution < 1.29 is 20.4 Å². The van der Waals surface area contributed by atoms with Gasteiger partial charge in [-0.3, -0.25) is 5.43 Å². The van der Waals surface area contributed by atoms with Gasteiger partial charge in [0.15, 0.2) is 0 Å². The average Bonchev–Trinajstić information content (AvgIpc) is 2.61. The van der Waals surface area contributed by atoms with Gasteiger partial charge in [-0.05, 0) is 44.4 Å². The van der Waals surface area contributed by atoms with Crippen LogP contribution in [0.5, 0.6) is 23.0 Å². The summed E-state index contributed by atoms with van der Waals surface area (Å²) in [5.41, 5.74) is 4.62. The molecular formula is C18H20N4O4S. The summed E-state index contributed by atoms with van der Waals surface area (Å²) in [6.07, 6.45) is 1.79. The van der Waals surface area contributed by atoms with Gasteiger partial charge < -0.3 is 20.4 Å². The molecule has 0 aliphatic carbocycles. The number of nitrogens with one attached hydrogen (secondary N) is 1. The summed E-state index contributed by atoms with van der Waals surface area (Å²) >= 11 is 1.28. The molecule has 0 saturated heterocycles. The molecule has 0 bridgehead atoms. The molecule has 0 heterocycles. The van der Waals surface area contributed by atoms with Crippen molar-refractivity contribution in [2.24, 2.45) is 15.3 Å². The van der Waals surface area contributed by atoms with Crippen LogP contribution in [0.1, 0.15) is 25.0 Å². The molecule has 0 saturated carbocycles. The van der Waals surface area contributed by atoms with E-state index in [1.165, 1.54) is 36.0 Å². The zero-order chi connectivity index (χ0) is 20.0. The molecular weight excluding hydrogens is 368 g/mol. The van der Waals surface area contributed by atoms with E-state index in [-0.39, 0.29) is 23.0 Å². The van der Waals surface area contributed by atoms with Crippen molar-refractivity contribution in [3.05, 3.63) is 47.5 Å². The normalized spacial score (nSPS) is 12.9. The fourth-order valence-electron chi connectivity index (χ4n) is 2.13. The lowest BCUT2D eigenvalue weighted by Crippen LogP contribution is -2.15. The molecule has 2 aromatic rings. The Morgan fingerprint density at radius 3 is 1.81 bits per heavy atom. The average molecular weight is 388 g/mol. The molecule has 0 radical (unpaired) electrons. The standard InChI is InChI=1S/C18H20N4O4S/c1-10(14-6-4-12(23)8-16(14)25)19-21-18(27-3)22-20-11(2)15-7-5-13(24)9-17(15)26/h4-9,23-26H,1-3H3,(H,21,22). The van der Waals surface area contributed by atoms with Crippen LogP contribution in [0.4, 0.5) is 0 Å². The van der Waals surface area contributed by atoms with Crippen LogP contribution in [0.25, 0.3) is 0 Å². The number of benzene rings is 2. The van der Waals surface area contributed by atoms with Crippen molar-refractivity contribution in [1.29, 1.82) is 0 Å². The Labute approximate surface area is 160 Å². The van der Waals surface area contributed by atoms with E-state index in [0.29, 0.717) is 27.7 Å². The van der Waals surface area contributed by atoms with E-state index in [2.05, 4.69) is 20.7 Å². The molecule has 0 amide bonds. The molecule has 0 atom stereocenters. The molecule has 0 aliphatic rings. The van der Waals surface area contributed by atoms with Gasteiger partial charge in [-0.15, -0.1) is 5.10 Å². The third-order valence-corrected chi connectivity index (χ3v) is 4.11. The maximum Gasteiger partial charge on any atom is 0.203 e. The summed E-state index contributed by atoms with van der Waals surface area (Å²) in [6.45, 7) is 3.37. The lowest BCUT2D eigenvalue weighted by Gasteiger charge is -2.06. The number of phenolic OH excluding ortho intramolecular Hbond substituents is 4. The topological polar surface area (TPSA) is 130 Å². The van der Waals surface area contributed by atoms with Crippen LogP contribution in [-0.2, 0) is 0 Å². The first-order valence-electron chi connectivity index (χ1n) is 7.83. The molecule has 27 heavy (non-hydrogen) atoms. The fourth-order valence-corrected chi connectivity index (χ4v) is 2.39. The summed E-state index contributed by atoms with van der Waals surface area (Å²) in [7, 11) is 0. The molecule has 2 aromatic carbocycles. The van der Waals surface area contributed by atoms with Crippen molar-refractivity contribution in [1.82, 2.24) is 5.43 Å². The second-order valence-electron chi connectivity index (χ2n) is 5.51. The Morgan fingerprint density at radius 1 is 0.815 bits per heavy atom. The second kappa shape index (κ2) is 8.95. The van der Waals surface area contributed by atoms with Crippen LogP contribution in [0.2, 0.25) is 0 Å². The van der Waals surface area contributed by atoms with Crippen molar-refractivity contribution in [2.75, 3.05) is 6.26 Å². The van der Waals surface area contributed by atoms with Gasteiger partial charge in [0, 0.05) is 23.3 Å². The lowest BCUT2D eigenvalue weighted by molar-refractivity contribution is 0.448. The number of hydrogen-bond acceptors (Lipinski definition) is 8. The number of aromatic hydroxyl groups is 4. The zero-order valence-corrected chi connectivity index (χ0v) is 15.8. The maximum absolute atomic E-state index is 9.86. The summed E-state index contributed by atoms with van der Waals surface area (Å²) in [5, 5.41) is 51.1. The van der Waals surface area contributed by atoms with Gasteiger partial charge in [0.1, 0.15) is 23.0 Å². The van der Waals surface area contributed by atoms with E-state index < -0.39 is 0 Å². The van der Waals surface area contributed by atoms with E-state index in [4.69, 9.17) is 0 Å². The molecule has 2 rings (SSSR count). The predicted octanol–water partition coefficient (Wildman–Crippen LogP) is 2.97. The number of thioether (sulfide) groups is 1. The molecule has 9 heteroatoms. The number of rotatable bonds is 4. The van der Waals surface area contributed by atoms with Crippen LogP contribution >= 0.6 is 11.8 Å². The van der Waals surface area contributed by atoms with E-state index >= 15 is 0 Å². The van der Waals surface area contributed by atoms with Crippen molar-refractivity contribution in [3.8, 4) is 23.0 Å². The third-order valence-electron chi connectivity index (χ3n) is 3.55. The van der Waals surface area contributed by atoms with Crippen molar-refractivity contribution in [3.63, 3.8) is 0 Å².